The fourth-order valence-corrected chi connectivity index (χ4v) is 5.61. The number of amides is 2. The number of benzene rings is 1. The van der Waals surface area contributed by atoms with Crippen molar-refractivity contribution < 1.29 is 9.59 Å². The first-order valence-electron chi connectivity index (χ1n) is 11.1. The molecule has 2 saturated heterocycles. The van der Waals surface area contributed by atoms with Gasteiger partial charge in [-0.3, -0.25) is 14.5 Å². The van der Waals surface area contributed by atoms with Crippen LogP contribution in [0, 0.1) is 5.92 Å². The number of piperidine rings is 1. The van der Waals surface area contributed by atoms with Gasteiger partial charge in [0, 0.05) is 43.7 Å². The average molecular weight is 396 g/mol. The van der Waals surface area contributed by atoms with Gasteiger partial charge in [-0.15, -0.1) is 0 Å². The first-order chi connectivity index (χ1) is 14.1. The molecule has 3 fully saturated rings. The van der Waals surface area contributed by atoms with Crippen LogP contribution in [0.1, 0.15) is 50.5 Å². The molecule has 1 atom stereocenters. The number of carbonyl (C=O) groups is 2. The summed E-state index contributed by atoms with van der Waals surface area (Å²) < 4.78 is 0. The van der Waals surface area contributed by atoms with Crippen molar-refractivity contribution in [2.45, 2.75) is 63.1 Å². The lowest BCUT2D eigenvalue weighted by Crippen LogP contribution is -2.45. The number of rotatable bonds is 5. The fraction of sp³-hybridized carbons (Fsp3) is 0.583. The number of nitrogens with zero attached hydrogens (tertiary/aromatic N) is 2. The minimum absolute atomic E-state index is 0.0200. The summed E-state index contributed by atoms with van der Waals surface area (Å²) in [5, 5.41) is 3.37. The molecule has 29 heavy (non-hydrogen) atoms. The number of nitrogens with one attached hydrogen (secondary N) is 1. The summed E-state index contributed by atoms with van der Waals surface area (Å²) in [5.41, 5.74) is 1.61. The lowest BCUT2D eigenvalue weighted by molar-refractivity contribution is -0.132. The Morgan fingerprint density at radius 3 is 2.48 bits per heavy atom. The van der Waals surface area contributed by atoms with E-state index in [0.717, 1.165) is 32.4 Å². The molecule has 4 rings (SSSR count). The molecule has 1 unspecified atom stereocenters. The van der Waals surface area contributed by atoms with Gasteiger partial charge in [-0.25, -0.2) is 0 Å². The lowest BCUT2D eigenvalue weighted by Gasteiger charge is -2.34. The van der Waals surface area contributed by atoms with Crippen molar-refractivity contribution in [3.8, 4) is 0 Å². The summed E-state index contributed by atoms with van der Waals surface area (Å²) in [6, 6.07) is 10.9. The van der Waals surface area contributed by atoms with Crippen LogP contribution in [-0.4, -0.2) is 52.8 Å². The van der Waals surface area contributed by atoms with Gasteiger partial charge >= 0.3 is 0 Å². The highest BCUT2D eigenvalue weighted by Gasteiger charge is 2.47. The molecular formula is C24H33N3O2. The molecule has 5 heteroatoms. The Labute approximate surface area is 174 Å². The van der Waals surface area contributed by atoms with E-state index < -0.39 is 0 Å². The van der Waals surface area contributed by atoms with Gasteiger partial charge in [0.05, 0.1) is 0 Å². The van der Waals surface area contributed by atoms with Crippen LogP contribution in [0.15, 0.2) is 43.0 Å². The van der Waals surface area contributed by atoms with Crippen LogP contribution in [0.5, 0.6) is 0 Å². The Balaban J connectivity index is 1.35. The maximum absolute atomic E-state index is 12.9. The second-order valence-electron chi connectivity index (χ2n) is 9.01. The standard InChI is InChI=1S/C24H33N3O2/c1-2-22(28)26-14-10-20(11-15-26)23(29)25-21-16-24(12-6-7-13-24)27(18-21)17-19-8-4-3-5-9-19/h2-5,8-9,20-21H,1,6-7,10-18H2,(H,25,29). The van der Waals surface area contributed by atoms with Crippen molar-refractivity contribution >= 4 is 11.8 Å². The van der Waals surface area contributed by atoms with Crippen molar-refractivity contribution in [1.29, 1.82) is 0 Å². The first-order valence-corrected chi connectivity index (χ1v) is 11.1. The summed E-state index contributed by atoms with van der Waals surface area (Å²) in [6.07, 6.45) is 9.00. The minimum Gasteiger partial charge on any atom is -0.352 e. The van der Waals surface area contributed by atoms with Gasteiger partial charge in [0.25, 0.3) is 0 Å². The zero-order valence-corrected chi connectivity index (χ0v) is 17.3. The van der Waals surface area contributed by atoms with Gasteiger partial charge in [0.15, 0.2) is 0 Å². The third-order valence-electron chi connectivity index (χ3n) is 7.19. The van der Waals surface area contributed by atoms with E-state index in [-0.39, 0.29) is 29.3 Å². The molecule has 3 aliphatic rings. The highest BCUT2D eigenvalue weighted by molar-refractivity contribution is 5.87. The Morgan fingerprint density at radius 1 is 1.14 bits per heavy atom. The molecule has 1 aliphatic carbocycles. The van der Waals surface area contributed by atoms with Crippen LogP contribution in [0.3, 0.4) is 0 Å². The predicted molar refractivity (Wildman–Crippen MR) is 114 cm³/mol. The van der Waals surface area contributed by atoms with Crippen LogP contribution in [0.2, 0.25) is 0 Å². The Morgan fingerprint density at radius 2 is 1.83 bits per heavy atom. The topological polar surface area (TPSA) is 52.7 Å². The summed E-state index contributed by atoms with van der Waals surface area (Å²) in [7, 11) is 0. The van der Waals surface area contributed by atoms with Gasteiger partial charge in [-0.2, -0.15) is 0 Å². The Hall–Kier alpha value is -2.14. The van der Waals surface area contributed by atoms with Crippen LogP contribution >= 0.6 is 0 Å². The van der Waals surface area contributed by atoms with E-state index in [1.807, 2.05) is 0 Å². The zero-order valence-electron chi connectivity index (χ0n) is 17.3. The monoisotopic (exact) mass is 395 g/mol. The third-order valence-corrected chi connectivity index (χ3v) is 7.19. The van der Waals surface area contributed by atoms with Gasteiger partial charge in [-0.1, -0.05) is 49.8 Å². The molecule has 2 aliphatic heterocycles. The number of likely N-dealkylation sites (tertiary alicyclic amines) is 2. The molecule has 0 bridgehead atoms. The van der Waals surface area contributed by atoms with E-state index in [2.05, 4.69) is 47.1 Å². The van der Waals surface area contributed by atoms with Gasteiger partial charge in [-0.05, 0) is 43.7 Å². The zero-order chi connectivity index (χ0) is 20.3. The van der Waals surface area contributed by atoms with Crippen LogP contribution < -0.4 is 5.32 Å². The van der Waals surface area contributed by atoms with Gasteiger partial charge in [0.1, 0.15) is 0 Å². The Bertz CT molecular complexity index is 734. The summed E-state index contributed by atoms with van der Waals surface area (Å²) in [6.45, 7) is 6.76. The minimum atomic E-state index is -0.0284. The normalized spacial score (nSPS) is 24.7. The number of carbonyl (C=O) groups excluding carboxylic acids is 2. The van der Waals surface area contributed by atoms with Crippen molar-refractivity contribution in [2.24, 2.45) is 5.92 Å². The van der Waals surface area contributed by atoms with E-state index in [1.165, 1.54) is 37.3 Å². The third kappa shape index (κ3) is 4.40. The molecule has 5 nitrogen and oxygen atoms in total. The molecule has 0 radical (unpaired) electrons. The van der Waals surface area contributed by atoms with Crippen LogP contribution in [0.25, 0.3) is 0 Å². The first kappa shape index (κ1) is 20.1. The molecular weight excluding hydrogens is 362 g/mol. The van der Waals surface area contributed by atoms with E-state index in [1.54, 1.807) is 4.90 Å². The maximum atomic E-state index is 12.9. The highest BCUT2D eigenvalue weighted by atomic mass is 16.2. The van der Waals surface area contributed by atoms with Crippen molar-refractivity contribution in [1.82, 2.24) is 15.1 Å². The molecule has 2 amide bonds. The van der Waals surface area contributed by atoms with E-state index in [9.17, 15) is 9.59 Å². The Kier molecular flexibility index (Phi) is 6.04. The molecule has 1 aromatic rings. The lowest BCUT2D eigenvalue weighted by atomic mass is 9.91. The van der Waals surface area contributed by atoms with Crippen molar-refractivity contribution in [3.63, 3.8) is 0 Å². The average Bonchev–Trinajstić information content (AvgIpc) is 3.35. The molecule has 1 spiro atoms. The summed E-state index contributed by atoms with van der Waals surface area (Å²) >= 11 is 0. The van der Waals surface area contributed by atoms with Crippen molar-refractivity contribution in [3.05, 3.63) is 48.6 Å². The van der Waals surface area contributed by atoms with E-state index in [0.29, 0.717) is 13.1 Å². The summed E-state index contributed by atoms with van der Waals surface area (Å²) in [4.78, 5) is 29.1. The SMILES string of the molecule is C=CC(=O)N1CCC(C(=O)NC2CN(Cc3ccccc3)C3(CCCC3)C2)CC1. The largest absolute Gasteiger partial charge is 0.352 e. The predicted octanol–water partition coefficient (Wildman–Crippen LogP) is 3.11. The summed E-state index contributed by atoms with van der Waals surface area (Å²) in [5.74, 6) is 0.168. The van der Waals surface area contributed by atoms with Gasteiger partial charge < -0.3 is 10.2 Å². The smallest absolute Gasteiger partial charge is 0.245 e. The number of hydrogen-bond acceptors (Lipinski definition) is 3. The van der Waals surface area contributed by atoms with E-state index >= 15 is 0 Å². The van der Waals surface area contributed by atoms with Crippen LogP contribution in [0.4, 0.5) is 0 Å². The van der Waals surface area contributed by atoms with Gasteiger partial charge in [0.2, 0.25) is 11.8 Å². The molecule has 1 aromatic carbocycles. The molecule has 2 heterocycles. The van der Waals surface area contributed by atoms with Crippen molar-refractivity contribution in [2.75, 3.05) is 19.6 Å². The fourth-order valence-electron chi connectivity index (χ4n) is 5.61. The van der Waals surface area contributed by atoms with E-state index in [4.69, 9.17) is 0 Å². The molecule has 156 valence electrons. The number of hydrogen-bond donors (Lipinski definition) is 1. The molecule has 1 N–H and O–H groups in total. The highest BCUT2D eigenvalue weighted by Crippen LogP contribution is 2.44. The van der Waals surface area contributed by atoms with Crippen LogP contribution in [-0.2, 0) is 16.1 Å². The molecule has 1 saturated carbocycles. The molecule has 0 aromatic heterocycles. The second-order valence-corrected chi connectivity index (χ2v) is 9.01. The second kappa shape index (κ2) is 8.70. The maximum Gasteiger partial charge on any atom is 0.245 e. The quantitative estimate of drug-likeness (QED) is 0.780.